The highest BCUT2D eigenvalue weighted by molar-refractivity contribution is 6.02. The van der Waals surface area contributed by atoms with Crippen LogP contribution in [0.1, 0.15) is 77.6 Å². The van der Waals surface area contributed by atoms with Gasteiger partial charge in [-0.2, -0.15) is 0 Å². The first-order valence-electron chi connectivity index (χ1n) is 11.9. The van der Waals surface area contributed by atoms with Crippen molar-refractivity contribution in [1.29, 1.82) is 0 Å². The Morgan fingerprint density at radius 1 is 1.03 bits per heavy atom. The minimum Gasteiger partial charge on any atom is -0.465 e. The first kappa shape index (κ1) is 24.1. The summed E-state index contributed by atoms with van der Waals surface area (Å²) in [6, 6.07) is 7.29. The third-order valence-electron chi connectivity index (χ3n) is 6.58. The molecular formula is C26H37N3O3. The number of carbonyl (C=O) groups excluding carboxylic acids is 2. The summed E-state index contributed by atoms with van der Waals surface area (Å²) in [6.45, 7) is 8.34. The van der Waals surface area contributed by atoms with E-state index >= 15 is 0 Å². The molecule has 0 saturated carbocycles. The predicted molar refractivity (Wildman–Crippen MR) is 128 cm³/mol. The quantitative estimate of drug-likeness (QED) is 0.435. The van der Waals surface area contributed by atoms with Gasteiger partial charge in [-0.3, -0.25) is 4.79 Å². The highest BCUT2D eigenvalue weighted by atomic mass is 16.5. The van der Waals surface area contributed by atoms with Gasteiger partial charge in [-0.05, 0) is 63.4 Å². The molecule has 0 unspecified atom stereocenters. The molecule has 2 N–H and O–H groups in total. The minimum absolute atomic E-state index is 0.370. The van der Waals surface area contributed by atoms with Crippen LogP contribution in [0.2, 0.25) is 0 Å². The Kier molecular flexibility index (Phi) is 8.51. The second-order valence-electron chi connectivity index (χ2n) is 8.73. The largest absolute Gasteiger partial charge is 0.465 e. The average molecular weight is 440 g/mol. The van der Waals surface area contributed by atoms with Crippen molar-refractivity contribution in [2.75, 3.05) is 26.7 Å². The van der Waals surface area contributed by atoms with Crippen LogP contribution in [0.3, 0.4) is 0 Å². The predicted octanol–water partition coefficient (Wildman–Crippen LogP) is 4.57. The number of nitrogens with two attached hydrogens (primary N) is 1. The van der Waals surface area contributed by atoms with Gasteiger partial charge in [0.25, 0.3) is 5.91 Å². The summed E-state index contributed by atoms with van der Waals surface area (Å²) in [7, 11) is 1.37. The standard InChI is InChI=1S/C26H37N3O3/c1-4-5-7-10-22-24(20-11-13-21(14-12-20)26(31)32-3)23(25(27)30)19(2)29(22)18-17-28-15-8-6-9-16-28/h11-14H,4-10,15-18H2,1-3H3,(H2,27,30). The second-order valence-corrected chi connectivity index (χ2v) is 8.73. The number of unbranched alkanes of at least 4 members (excludes halogenated alkanes) is 2. The van der Waals surface area contributed by atoms with Crippen molar-refractivity contribution in [1.82, 2.24) is 9.47 Å². The SMILES string of the molecule is CCCCCc1c(-c2ccc(C(=O)OC)cc2)c(C(N)=O)c(C)n1CCN1CCCCC1. The number of esters is 1. The Morgan fingerprint density at radius 3 is 2.31 bits per heavy atom. The van der Waals surface area contributed by atoms with Crippen LogP contribution in [0, 0.1) is 6.92 Å². The Morgan fingerprint density at radius 2 is 1.72 bits per heavy atom. The molecule has 1 fully saturated rings. The molecule has 1 aromatic carbocycles. The van der Waals surface area contributed by atoms with Crippen LogP contribution >= 0.6 is 0 Å². The highest BCUT2D eigenvalue weighted by Gasteiger charge is 2.25. The average Bonchev–Trinajstić information content (AvgIpc) is 3.09. The molecule has 1 aliphatic heterocycles. The van der Waals surface area contributed by atoms with Crippen LogP contribution in [0.4, 0.5) is 0 Å². The molecule has 6 nitrogen and oxygen atoms in total. The number of methoxy groups -OCH3 is 1. The van der Waals surface area contributed by atoms with Crippen LogP contribution in [0.5, 0.6) is 0 Å². The minimum atomic E-state index is -0.400. The Bertz CT molecular complexity index is 925. The van der Waals surface area contributed by atoms with Gasteiger partial charge in [-0.25, -0.2) is 4.79 Å². The fraction of sp³-hybridized carbons (Fsp3) is 0.538. The number of carbonyl (C=O) groups is 2. The Labute approximate surface area is 191 Å². The van der Waals surface area contributed by atoms with Crippen LogP contribution in [0.15, 0.2) is 24.3 Å². The van der Waals surface area contributed by atoms with E-state index < -0.39 is 5.91 Å². The summed E-state index contributed by atoms with van der Waals surface area (Å²) in [4.78, 5) is 27.0. The topological polar surface area (TPSA) is 77.6 Å². The number of amides is 1. The van der Waals surface area contributed by atoms with Crippen molar-refractivity contribution in [2.45, 2.75) is 65.3 Å². The Balaban J connectivity index is 2.02. The number of primary amides is 1. The second kappa shape index (κ2) is 11.3. The van der Waals surface area contributed by atoms with Crippen molar-refractivity contribution < 1.29 is 14.3 Å². The molecule has 1 aliphatic rings. The maximum Gasteiger partial charge on any atom is 0.337 e. The van der Waals surface area contributed by atoms with Gasteiger partial charge in [0.15, 0.2) is 0 Å². The third kappa shape index (κ3) is 5.41. The lowest BCUT2D eigenvalue weighted by Gasteiger charge is -2.27. The van der Waals surface area contributed by atoms with E-state index in [9.17, 15) is 9.59 Å². The number of hydrogen-bond acceptors (Lipinski definition) is 4. The number of benzene rings is 1. The maximum atomic E-state index is 12.6. The zero-order valence-corrected chi connectivity index (χ0v) is 19.8. The number of nitrogens with zero attached hydrogens (tertiary/aromatic N) is 2. The summed E-state index contributed by atoms with van der Waals surface area (Å²) in [5, 5.41) is 0. The lowest BCUT2D eigenvalue weighted by Crippen LogP contribution is -2.33. The number of rotatable bonds is 10. The van der Waals surface area contributed by atoms with E-state index in [0.29, 0.717) is 11.1 Å². The molecule has 0 spiro atoms. The molecule has 0 bridgehead atoms. The zero-order valence-electron chi connectivity index (χ0n) is 19.8. The smallest absolute Gasteiger partial charge is 0.337 e. The number of likely N-dealkylation sites (tertiary alicyclic amines) is 1. The number of piperidine rings is 1. The lowest BCUT2D eigenvalue weighted by atomic mass is 9.96. The molecule has 0 aliphatic carbocycles. The molecule has 2 aromatic rings. The van der Waals surface area contributed by atoms with E-state index in [4.69, 9.17) is 10.5 Å². The molecule has 0 atom stereocenters. The van der Waals surface area contributed by atoms with Crippen LogP contribution in [-0.4, -0.2) is 48.1 Å². The summed E-state index contributed by atoms with van der Waals surface area (Å²) in [5.41, 5.74) is 10.9. The van der Waals surface area contributed by atoms with Crippen LogP contribution in [-0.2, 0) is 17.7 Å². The molecular weight excluding hydrogens is 402 g/mol. The van der Waals surface area contributed by atoms with Crippen LogP contribution in [0.25, 0.3) is 11.1 Å². The van der Waals surface area contributed by atoms with Crippen molar-refractivity contribution in [3.63, 3.8) is 0 Å². The molecule has 2 heterocycles. The number of hydrogen-bond donors (Lipinski definition) is 1. The summed E-state index contributed by atoms with van der Waals surface area (Å²) in [6.07, 6.45) is 8.09. The fourth-order valence-electron chi connectivity index (χ4n) is 4.83. The molecule has 1 saturated heterocycles. The fourth-order valence-corrected chi connectivity index (χ4v) is 4.83. The summed E-state index contributed by atoms with van der Waals surface area (Å²) in [5.74, 6) is -0.770. The van der Waals surface area contributed by atoms with Crippen molar-refractivity contribution in [2.24, 2.45) is 5.73 Å². The van der Waals surface area contributed by atoms with E-state index in [0.717, 1.165) is 68.7 Å². The van der Waals surface area contributed by atoms with Gasteiger partial charge in [0, 0.05) is 30.0 Å². The van der Waals surface area contributed by atoms with Gasteiger partial charge in [0.1, 0.15) is 0 Å². The molecule has 32 heavy (non-hydrogen) atoms. The van der Waals surface area contributed by atoms with Gasteiger partial charge < -0.3 is 19.9 Å². The van der Waals surface area contributed by atoms with E-state index in [1.54, 1.807) is 12.1 Å². The van der Waals surface area contributed by atoms with Gasteiger partial charge in [0.2, 0.25) is 0 Å². The van der Waals surface area contributed by atoms with Gasteiger partial charge in [-0.15, -0.1) is 0 Å². The van der Waals surface area contributed by atoms with E-state index in [1.165, 1.54) is 32.1 Å². The number of ether oxygens (including phenoxy) is 1. The maximum absolute atomic E-state index is 12.6. The molecule has 0 radical (unpaired) electrons. The van der Waals surface area contributed by atoms with Gasteiger partial charge in [-0.1, -0.05) is 38.3 Å². The van der Waals surface area contributed by atoms with E-state index in [1.807, 2.05) is 19.1 Å². The summed E-state index contributed by atoms with van der Waals surface area (Å²) >= 11 is 0. The number of aromatic nitrogens is 1. The van der Waals surface area contributed by atoms with Crippen molar-refractivity contribution in [3.8, 4) is 11.1 Å². The zero-order chi connectivity index (χ0) is 23.1. The van der Waals surface area contributed by atoms with E-state index in [-0.39, 0.29) is 5.97 Å². The molecule has 3 rings (SSSR count). The molecule has 6 heteroatoms. The van der Waals surface area contributed by atoms with E-state index in [2.05, 4.69) is 16.4 Å². The molecule has 174 valence electrons. The highest BCUT2D eigenvalue weighted by Crippen LogP contribution is 2.34. The monoisotopic (exact) mass is 439 g/mol. The lowest BCUT2D eigenvalue weighted by molar-refractivity contribution is 0.0600. The van der Waals surface area contributed by atoms with Gasteiger partial charge >= 0.3 is 5.97 Å². The Hall–Kier alpha value is -2.60. The third-order valence-corrected chi connectivity index (χ3v) is 6.58. The normalized spacial score (nSPS) is 14.5. The first-order valence-corrected chi connectivity index (χ1v) is 11.9. The van der Waals surface area contributed by atoms with Crippen LogP contribution < -0.4 is 5.73 Å². The van der Waals surface area contributed by atoms with Crippen molar-refractivity contribution in [3.05, 3.63) is 46.8 Å². The first-order chi connectivity index (χ1) is 15.5. The van der Waals surface area contributed by atoms with Gasteiger partial charge in [0.05, 0.1) is 18.2 Å². The molecule has 1 amide bonds. The molecule has 1 aromatic heterocycles. The summed E-state index contributed by atoms with van der Waals surface area (Å²) < 4.78 is 7.14. The van der Waals surface area contributed by atoms with Crippen molar-refractivity contribution >= 4 is 11.9 Å².